The highest BCUT2D eigenvalue weighted by atomic mass is 16.6. The molecule has 0 atom stereocenters. The first-order valence-corrected chi connectivity index (χ1v) is 11.0. The fraction of sp³-hybridized carbons (Fsp3) is 0.231. The molecule has 0 aliphatic carbocycles. The van der Waals surface area contributed by atoms with Gasteiger partial charge in [0.25, 0.3) is 11.6 Å². The quantitative estimate of drug-likeness (QED) is 0.248. The standard InChI is InChI=1S/C26H25N5O3/c1-19-16-21(20(2)30(19)24-8-10-25(11-9-24)31(33)34)17-22(18-27)26(32)29-14-12-28(13-15-29)23-6-4-3-5-7-23/h3-11,16-17H,12-15H2,1-2H3/b22-17+. The molecule has 0 N–H and O–H groups in total. The molecule has 2 heterocycles. The molecule has 1 aliphatic heterocycles. The highest BCUT2D eigenvalue weighted by Crippen LogP contribution is 2.25. The molecule has 0 radical (unpaired) electrons. The number of hydrogen-bond donors (Lipinski definition) is 0. The van der Waals surface area contributed by atoms with Crippen LogP contribution in [0.3, 0.4) is 0 Å². The molecule has 1 fully saturated rings. The van der Waals surface area contributed by atoms with Crippen molar-refractivity contribution >= 4 is 23.4 Å². The normalized spacial score (nSPS) is 14.1. The maximum absolute atomic E-state index is 13.1. The Hall–Kier alpha value is -4.38. The Kier molecular flexibility index (Phi) is 6.46. The van der Waals surface area contributed by atoms with Crippen LogP contribution in [0.5, 0.6) is 0 Å². The number of aromatic nitrogens is 1. The van der Waals surface area contributed by atoms with E-state index < -0.39 is 4.92 Å². The molecule has 8 heteroatoms. The highest BCUT2D eigenvalue weighted by molar-refractivity contribution is 6.02. The summed E-state index contributed by atoms with van der Waals surface area (Å²) in [6.45, 7) is 6.34. The number of anilines is 1. The van der Waals surface area contributed by atoms with Crippen molar-refractivity contribution in [1.29, 1.82) is 5.26 Å². The summed E-state index contributed by atoms with van der Waals surface area (Å²) in [5, 5.41) is 20.7. The summed E-state index contributed by atoms with van der Waals surface area (Å²) in [7, 11) is 0. The molecule has 3 aromatic rings. The largest absolute Gasteiger partial charge is 0.368 e. The predicted octanol–water partition coefficient (Wildman–Crippen LogP) is 4.26. The third-order valence-electron chi connectivity index (χ3n) is 6.13. The zero-order valence-corrected chi connectivity index (χ0v) is 19.1. The molecule has 172 valence electrons. The van der Waals surface area contributed by atoms with E-state index in [1.165, 1.54) is 12.1 Å². The number of nitro benzene ring substituents is 1. The van der Waals surface area contributed by atoms with Crippen LogP contribution in [0.25, 0.3) is 11.8 Å². The summed E-state index contributed by atoms with van der Waals surface area (Å²) in [6.07, 6.45) is 1.64. The van der Waals surface area contributed by atoms with Gasteiger partial charge in [-0.1, -0.05) is 18.2 Å². The first-order valence-electron chi connectivity index (χ1n) is 11.0. The van der Waals surface area contributed by atoms with Crippen LogP contribution in [0.15, 0.2) is 66.2 Å². The number of benzene rings is 2. The van der Waals surface area contributed by atoms with E-state index in [2.05, 4.69) is 23.1 Å². The summed E-state index contributed by atoms with van der Waals surface area (Å²) >= 11 is 0. The van der Waals surface area contributed by atoms with Crippen LogP contribution in [0.2, 0.25) is 0 Å². The fourth-order valence-electron chi connectivity index (χ4n) is 4.33. The van der Waals surface area contributed by atoms with E-state index in [0.29, 0.717) is 26.2 Å². The van der Waals surface area contributed by atoms with Gasteiger partial charge in [-0.2, -0.15) is 5.26 Å². The Morgan fingerprint density at radius 3 is 2.24 bits per heavy atom. The minimum atomic E-state index is -0.433. The minimum absolute atomic E-state index is 0.0241. The molecule has 34 heavy (non-hydrogen) atoms. The number of amides is 1. The van der Waals surface area contributed by atoms with Gasteiger partial charge in [0.1, 0.15) is 11.6 Å². The fourth-order valence-corrected chi connectivity index (χ4v) is 4.33. The van der Waals surface area contributed by atoms with Crippen LogP contribution in [0.1, 0.15) is 17.0 Å². The number of aryl methyl sites for hydroxylation is 1. The Labute approximate surface area is 198 Å². The van der Waals surface area contributed by atoms with Gasteiger partial charge in [-0.25, -0.2) is 0 Å². The molecule has 0 spiro atoms. The van der Waals surface area contributed by atoms with Crippen LogP contribution in [0.4, 0.5) is 11.4 Å². The molecule has 8 nitrogen and oxygen atoms in total. The van der Waals surface area contributed by atoms with Crippen molar-refractivity contribution in [3.05, 3.63) is 93.3 Å². The van der Waals surface area contributed by atoms with Crippen molar-refractivity contribution < 1.29 is 9.72 Å². The highest BCUT2D eigenvalue weighted by Gasteiger charge is 2.24. The second-order valence-electron chi connectivity index (χ2n) is 8.22. The van der Waals surface area contributed by atoms with Crippen molar-refractivity contribution in [3.63, 3.8) is 0 Å². The van der Waals surface area contributed by atoms with E-state index in [0.717, 1.165) is 28.3 Å². The molecule has 2 aromatic carbocycles. The molecule has 0 unspecified atom stereocenters. The molecule has 4 rings (SSSR count). The number of rotatable bonds is 5. The smallest absolute Gasteiger partial charge is 0.269 e. The molecule has 1 amide bonds. The van der Waals surface area contributed by atoms with E-state index in [1.54, 1.807) is 23.1 Å². The molecular formula is C26H25N5O3. The van der Waals surface area contributed by atoms with Crippen molar-refractivity contribution in [2.45, 2.75) is 13.8 Å². The van der Waals surface area contributed by atoms with Crippen molar-refractivity contribution in [2.24, 2.45) is 0 Å². The van der Waals surface area contributed by atoms with Gasteiger partial charge in [-0.05, 0) is 55.8 Å². The van der Waals surface area contributed by atoms with Crippen molar-refractivity contribution in [1.82, 2.24) is 9.47 Å². The van der Waals surface area contributed by atoms with Gasteiger partial charge >= 0.3 is 0 Å². The average molecular weight is 456 g/mol. The van der Waals surface area contributed by atoms with E-state index in [-0.39, 0.29) is 17.2 Å². The number of carbonyl (C=O) groups excluding carboxylic acids is 1. The molecule has 1 aliphatic rings. The molecule has 0 saturated carbocycles. The molecule has 0 bridgehead atoms. The Balaban J connectivity index is 1.52. The summed E-state index contributed by atoms with van der Waals surface area (Å²) < 4.78 is 1.95. The van der Waals surface area contributed by atoms with Crippen molar-refractivity contribution in [2.75, 3.05) is 31.1 Å². The number of nitrogens with zero attached hydrogens (tertiary/aromatic N) is 5. The number of hydrogen-bond acceptors (Lipinski definition) is 5. The Morgan fingerprint density at radius 1 is 1.00 bits per heavy atom. The van der Waals surface area contributed by atoms with Gasteiger partial charge in [-0.3, -0.25) is 14.9 Å². The third-order valence-corrected chi connectivity index (χ3v) is 6.13. The van der Waals surface area contributed by atoms with Gasteiger partial charge in [0.05, 0.1) is 4.92 Å². The van der Waals surface area contributed by atoms with Crippen LogP contribution in [-0.2, 0) is 4.79 Å². The van der Waals surface area contributed by atoms with Crippen LogP contribution < -0.4 is 4.90 Å². The van der Waals surface area contributed by atoms with Crippen molar-refractivity contribution in [3.8, 4) is 11.8 Å². The Bertz CT molecular complexity index is 1280. The number of piperazine rings is 1. The summed E-state index contributed by atoms with van der Waals surface area (Å²) in [4.78, 5) is 27.6. The summed E-state index contributed by atoms with van der Waals surface area (Å²) in [5.74, 6) is -0.268. The molecule has 1 aromatic heterocycles. The van der Waals surface area contributed by atoms with Gasteiger partial charge in [-0.15, -0.1) is 0 Å². The number of non-ortho nitro benzene ring substituents is 1. The first-order chi connectivity index (χ1) is 16.4. The number of para-hydroxylation sites is 1. The second-order valence-corrected chi connectivity index (χ2v) is 8.22. The lowest BCUT2D eigenvalue weighted by molar-refractivity contribution is -0.384. The lowest BCUT2D eigenvalue weighted by Crippen LogP contribution is -2.49. The van der Waals surface area contributed by atoms with Gasteiger partial charge < -0.3 is 14.4 Å². The number of nitriles is 1. The lowest BCUT2D eigenvalue weighted by atomic mass is 10.1. The zero-order valence-electron chi connectivity index (χ0n) is 19.1. The molecular weight excluding hydrogens is 430 g/mol. The van der Waals surface area contributed by atoms with E-state index >= 15 is 0 Å². The summed E-state index contributed by atoms with van der Waals surface area (Å²) in [5.41, 5.74) is 4.54. The SMILES string of the molecule is Cc1cc(/C=C(\C#N)C(=O)N2CCN(c3ccccc3)CC2)c(C)n1-c1ccc([N+](=O)[O-])cc1. The number of carbonyl (C=O) groups is 1. The average Bonchev–Trinajstić information content (AvgIpc) is 3.15. The maximum Gasteiger partial charge on any atom is 0.269 e. The first kappa shape index (κ1) is 22.8. The van der Waals surface area contributed by atoms with E-state index in [4.69, 9.17) is 0 Å². The Morgan fingerprint density at radius 2 is 1.65 bits per heavy atom. The van der Waals surface area contributed by atoms with Crippen LogP contribution in [0, 0.1) is 35.3 Å². The molecule has 1 saturated heterocycles. The maximum atomic E-state index is 13.1. The van der Waals surface area contributed by atoms with Crippen LogP contribution >= 0.6 is 0 Å². The summed E-state index contributed by atoms with van der Waals surface area (Å²) in [6, 6.07) is 20.4. The van der Waals surface area contributed by atoms with Gasteiger partial charge in [0.15, 0.2) is 0 Å². The topological polar surface area (TPSA) is 95.4 Å². The third kappa shape index (κ3) is 4.55. The zero-order chi connectivity index (χ0) is 24.2. The monoisotopic (exact) mass is 455 g/mol. The van der Waals surface area contributed by atoms with Gasteiger partial charge in [0.2, 0.25) is 0 Å². The minimum Gasteiger partial charge on any atom is -0.368 e. The van der Waals surface area contributed by atoms with Crippen LogP contribution in [-0.4, -0.2) is 46.5 Å². The second kappa shape index (κ2) is 9.63. The van der Waals surface area contributed by atoms with Gasteiger partial charge in [0, 0.05) is 61.1 Å². The van der Waals surface area contributed by atoms with E-state index in [9.17, 15) is 20.2 Å². The predicted molar refractivity (Wildman–Crippen MR) is 131 cm³/mol. The lowest BCUT2D eigenvalue weighted by Gasteiger charge is -2.36. The van der Waals surface area contributed by atoms with E-state index in [1.807, 2.05) is 42.7 Å². The number of nitro groups is 1.